The molecule has 2 aromatic rings. The van der Waals surface area contributed by atoms with E-state index < -0.39 is 5.41 Å². The van der Waals surface area contributed by atoms with Crippen molar-refractivity contribution in [2.24, 2.45) is 0 Å². The highest BCUT2D eigenvalue weighted by Gasteiger charge is 2.18. The van der Waals surface area contributed by atoms with Crippen LogP contribution in [0.5, 0.6) is 0 Å². The van der Waals surface area contributed by atoms with Crippen LogP contribution in [-0.4, -0.2) is 6.29 Å². The third-order valence-corrected chi connectivity index (χ3v) is 3.63. The Bertz CT molecular complexity index is 538. The van der Waals surface area contributed by atoms with Crippen LogP contribution < -0.4 is 0 Å². The maximum atomic E-state index is 11.0. The lowest BCUT2D eigenvalue weighted by Crippen LogP contribution is -2.18. The van der Waals surface area contributed by atoms with Crippen molar-refractivity contribution >= 4 is 22.2 Å². The molecule has 0 unspecified atom stereocenters. The van der Waals surface area contributed by atoms with E-state index in [9.17, 15) is 4.79 Å². The molecule has 0 aliphatic rings. The van der Waals surface area contributed by atoms with E-state index in [4.69, 9.17) is 0 Å². The highest BCUT2D eigenvalue weighted by molar-refractivity contribution is 9.10. The van der Waals surface area contributed by atoms with Gasteiger partial charge in [-0.15, -0.1) is 0 Å². The Labute approximate surface area is 116 Å². The summed E-state index contributed by atoms with van der Waals surface area (Å²) in [7, 11) is 0. The molecule has 0 saturated heterocycles. The summed E-state index contributed by atoms with van der Waals surface area (Å²) in [5, 5.41) is 0. The monoisotopic (exact) mass is 302 g/mol. The Morgan fingerprint density at radius 3 is 1.78 bits per heavy atom. The van der Waals surface area contributed by atoms with E-state index in [0.29, 0.717) is 0 Å². The molecular weight excluding hydrogens is 288 g/mol. The van der Waals surface area contributed by atoms with E-state index in [1.807, 2.05) is 38.1 Å². The summed E-state index contributed by atoms with van der Waals surface area (Å²) in [4.78, 5) is 11.0. The molecule has 2 rings (SSSR count). The van der Waals surface area contributed by atoms with Crippen molar-refractivity contribution in [2.75, 3.05) is 0 Å². The Morgan fingerprint density at radius 1 is 0.889 bits per heavy atom. The Morgan fingerprint density at radius 2 is 1.33 bits per heavy atom. The number of hydrogen-bond acceptors (Lipinski definition) is 1. The molecule has 0 saturated carbocycles. The van der Waals surface area contributed by atoms with Crippen molar-refractivity contribution in [3.63, 3.8) is 0 Å². The summed E-state index contributed by atoms with van der Waals surface area (Å²) in [6.45, 7) is 3.85. The molecule has 2 aromatic carbocycles. The molecule has 0 amide bonds. The summed E-state index contributed by atoms with van der Waals surface area (Å²) in [5.41, 5.74) is 2.96. The van der Waals surface area contributed by atoms with E-state index in [1.54, 1.807) is 0 Å². The first-order chi connectivity index (χ1) is 8.53. The van der Waals surface area contributed by atoms with E-state index in [1.165, 1.54) is 5.56 Å². The second kappa shape index (κ2) is 5.07. The number of benzene rings is 2. The number of rotatable bonds is 3. The number of carbonyl (C=O) groups is 1. The maximum Gasteiger partial charge on any atom is 0.129 e. The zero-order valence-electron chi connectivity index (χ0n) is 10.5. The minimum Gasteiger partial charge on any atom is -0.302 e. The molecule has 2 heteroatoms. The smallest absolute Gasteiger partial charge is 0.129 e. The summed E-state index contributed by atoms with van der Waals surface area (Å²) >= 11 is 3.43. The van der Waals surface area contributed by atoms with Gasteiger partial charge in [0.1, 0.15) is 6.29 Å². The van der Waals surface area contributed by atoms with Gasteiger partial charge in [-0.2, -0.15) is 0 Å². The molecule has 0 bridgehead atoms. The van der Waals surface area contributed by atoms with Crippen LogP contribution in [0.2, 0.25) is 0 Å². The topological polar surface area (TPSA) is 17.1 Å². The Hall–Kier alpha value is -1.41. The SMILES string of the molecule is CC(C)(C=O)c1ccc(-c2ccc(Br)cc2)cc1. The molecule has 0 aromatic heterocycles. The second-order valence-electron chi connectivity index (χ2n) is 4.92. The molecule has 0 fully saturated rings. The molecule has 1 nitrogen and oxygen atoms in total. The first-order valence-electron chi connectivity index (χ1n) is 5.86. The highest BCUT2D eigenvalue weighted by atomic mass is 79.9. The molecule has 0 atom stereocenters. The molecule has 18 heavy (non-hydrogen) atoms. The summed E-state index contributed by atoms with van der Waals surface area (Å²) in [6.07, 6.45) is 0.988. The van der Waals surface area contributed by atoms with Gasteiger partial charge in [0.05, 0.1) is 0 Å². The standard InChI is InChI=1S/C16H15BrO/c1-16(2,11-18)14-7-3-12(4-8-14)13-5-9-15(17)10-6-13/h3-11H,1-2H3. The fourth-order valence-electron chi connectivity index (χ4n) is 1.80. The van der Waals surface area contributed by atoms with Crippen molar-refractivity contribution < 1.29 is 4.79 Å². The second-order valence-corrected chi connectivity index (χ2v) is 5.84. The van der Waals surface area contributed by atoms with Gasteiger partial charge >= 0.3 is 0 Å². The van der Waals surface area contributed by atoms with E-state index >= 15 is 0 Å². The predicted molar refractivity (Wildman–Crippen MR) is 78.7 cm³/mol. The third-order valence-electron chi connectivity index (χ3n) is 3.10. The normalized spacial score (nSPS) is 11.3. The van der Waals surface area contributed by atoms with Gasteiger partial charge in [-0.1, -0.05) is 52.3 Å². The van der Waals surface area contributed by atoms with E-state index in [2.05, 4.69) is 40.2 Å². The minimum atomic E-state index is -0.418. The molecule has 0 aliphatic carbocycles. The van der Waals surface area contributed by atoms with Gasteiger partial charge in [0, 0.05) is 9.89 Å². The highest BCUT2D eigenvalue weighted by Crippen LogP contribution is 2.26. The lowest BCUT2D eigenvalue weighted by atomic mass is 9.85. The number of aldehydes is 1. The number of halogens is 1. The molecular formula is C16H15BrO. The Balaban J connectivity index is 2.33. The zero-order chi connectivity index (χ0) is 13.2. The lowest BCUT2D eigenvalue weighted by molar-refractivity contribution is -0.111. The lowest BCUT2D eigenvalue weighted by Gasteiger charge is -2.17. The van der Waals surface area contributed by atoms with E-state index in [-0.39, 0.29) is 0 Å². The third kappa shape index (κ3) is 2.70. The number of carbonyl (C=O) groups excluding carboxylic acids is 1. The van der Waals surface area contributed by atoms with Gasteiger partial charge in [-0.3, -0.25) is 0 Å². The van der Waals surface area contributed by atoms with Crippen LogP contribution in [0.15, 0.2) is 53.0 Å². The van der Waals surface area contributed by atoms with Gasteiger partial charge in [0.25, 0.3) is 0 Å². The van der Waals surface area contributed by atoms with Crippen LogP contribution in [0.4, 0.5) is 0 Å². The largest absolute Gasteiger partial charge is 0.302 e. The summed E-state index contributed by atoms with van der Waals surface area (Å²) in [5.74, 6) is 0. The van der Waals surface area contributed by atoms with Gasteiger partial charge in [0.15, 0.2) is 0 Å². The van der Waals surface area contributed by atoms with Crippen LogP contribution in [-0.2, 0) is 10.2 Å². The molecule has 0 aliphatic heterocycles. The molecule has 0 N–H and O–H groups in total. The minimum absolute atomic E-state index is 0.418. The fraction of sp³-hybridized carbons (Fsp3) is 0.188. The van der Waals surface area contributed by atoms with Crippen molar-refractivity contribution in [1.82, 2.24) is 0 Å². The first kappa shape index (κ1) is 13.0. The molecule has 0 heterocycles. The first-order valence-corrected chi connectivity index (χ1v) is 6.65. The quantitative estimate of drug-likeness (QED) is 0.758. The van der Waals surface area contributed by atoms with Crippen molar-refractivity contribution in [3.05, 3.63) is 58.6 Å². The summed E-state index contributed by atoms with van der Waals surface area (Å²) < 4.78 is 1.07. The van der Waals surface area contributed by atoms with Crippen molar-refractivity contribution in [3.8, 4) is 11.1 Å². The van der Waals surface area contributed by atoms with E-state index in [0.717, 1.165) is 21.9 Å². The van der Waals surface area contributed by atoms with Crippen LogP contribution in [0.1, 0.15) is 19.4 Å². The van der Waals surface area contributed by atoms with Gasteiger partial charge < -0.3 is 4.79 Å². The van der Waals surface area contributed by atoms with Gasteiger partial charge in [0.2, 0.25) is 0 Å². The zero-order valence-corrected chi connectivity index (χ0v) is 12.1. The number of hydrogen-bond donors (Lipinski definition) is 0. The molecule has 92 valence electrons. The average Bonchev–Trinajstić information content (AvgIpc) is 2.40. The average molecular weight is 303 g/mol. The van der Waals surface area contributed by atoms with Gasteiger partial charge in [-0.25, -0.2) is 0 Å². The fourth-order valence-corrected chi connectivity index (χ4v) is 2.07. The van der Waals surface area contributed by atoms with Crippen LogP contribution in [0, 0.1) is 0 Å². The summed E-state index contributed by atoms with van der Waals surface area (Å²) in [6, 6.07) is 16.4. The van der Waals surface area contributed by atoms with Gasteiger partial charge in [-0.05, 0) is 42.7 Å². The Kier molecular flexibility index (Phi) is 3.67. The predicted octanol–water partition coefficient (Wildman–Crippen LogP) is 4.59. The molecule has 0 spiro atoms. The molecule has 0 radical (unpaired) electrons. The van der Waals surface area contributed by atoms with Crippen molar-refractivity contribution in [2.45, 2.75) is 19.3 Å². The van der Waals surface area contributed by atoms with Crippen LogP contribution in [0.25, 0.3) is 11.1 Å². The van der Waals surface area contributed by atoms with Crippen molar-refractivity contribution in [1.29, 1.82) is 0 Å². The van der Waals surface area contributed by atoms with Crippen LogP contribution >= 0.6 is 15.9 Å². The van der Waals surface area contributed by atoms with Crippen LogP contribution in [0.3, 0.4) is 0 Å². The maximum absolute atomic E-state index is 11.0.